The first kappa shape index (κ1) is 22.7. The molecule has 1 amide bonds. The minimum absolute atomic E-state index is 0.121. The molecule has 0 bridgehead atoms. The number of aromatic nitrogens is 3. The Balaban J connectivity index is 1.70. The molecule has 0 aliphatic heterocycles. The summed E-state index contributed by atoms with van der Waals surface area (Å²) in [6.07, 6.45) is 1.86. The molecule has 1 heterocycles. The zero-order valence-corrected chi connectivity index (χ0v) is 17.6. The van der Waals surface area contributed by atoms with Gasteiger partial charge in [0.2, 0.25) is 5.91 Å². The average molecular weight is 438 g/mol. The first-order chi connectivity index (χ1) is 15.5. The number of amides is 1. The van der Waals surface area contributed by atoms with Gasteiger partial charge in [0.05, 0.1) is 7.11 Å². The van der Waals surface area contributed by atoms with E-state index in [0.717, 1.165) is 0 Å². The Bertz CT molecular complexity index is 1160. The number of ether oxygens (including phenoxy) is 2. The summed E-state index contributed by atoms with van der Waals surface area (Å²) < 4.78 is 24.5. The normalized spacial score (nSPS) is 10.4. The van der Waals surface area contributed by atoms with Crippen molar-refractivity contribution in [2.75, 3.05) is 13.7 Å². The van der Waals surface area contributed by atoms with Gasteiger partial charge >= 0.3 is 0 Å². The van der Waals surface area contributed by atoms with Gasteiger partial charge in [-0.1, -0.05) is 18.2 Å². The summed E-state index contributed by atoms with van der Waals surface area (Å²) in [7, 11) is 1.49. The number of carbonyl (C=O) groups excluding carboxylic acids is 1. The third-order valence-electron chi connectivity index (χ3n) is 4.52. The predicted octanol–water partition coefficient (Wildman–Crippen LogP) is 2.79. The first-order valence-electron chi connectivity index (χ1n) is 9.89. The molecule has 32 heavy (non-hydrogen) atoms. The summed E-state index contributed by atoms with van der Waals surface area (Å²) in [5.74, 6) is 0.595. The van der Waals surface area contributed by atoms with E-state index in [1.165, 1.54) is 19.2 Å². The van der Waals surface area contributed by atoms with Crippen LogP contribution in [0.5, 0.6) is 11.5 Å². The van der Waals surface area contributed by atoms with Crippen molar-refractivity contribution in [3.05, 3.63) is 82.5 Å². The predicted molar refractivity (Wildman–Crippen MR) is 117 cm³/mol. The SMILES string of the molecule is C=CCNC(=O)CCc1nnc(-c2ccc(OCc3cccc(F)c3)c(OC)c2)[nH]c1=O. The molecule has 0 fully saturated rings. The highest BCUT2D eigenvalue weighted by Crippen LogP contribution is 2.31. The van der Waals surface area contributed by atoms with Crippen LogP contribution >= 0.6 is 0 Å². The first-order valence-corrected chi connectivity index (χ1v) is 9.89. The summed E-state index contributed by atoms with van der Waals surface area (Å²) >= 11 is 0. The van der Waals surface area contributed by atoms with Crippen molar-refractivity contribution in [3.63, 3.8) is 0 Å². The number of halogens is 1. The second-order valence-electron chi connectivity index (χ2n) is 6.83. The number of benzene rings is 2. The van der Waals surface area contributed by atoms with E-state index in [-0.39, 0.29) is 42.7 Å². The molecule has 3 rings (SSSR count). The van der Waals surface area contributed by atoms with Crippen molar-refractivity contribution in [1.29, 1.82) is 0 Å². The number of hydrogen-bond acceptors (Lipinski definition) is 6. The smallest absolute Gasteiger partial charge is 0.273 e. The maximum atomic E-state index is 13.3. The Morgan fingerprint density at radius 1 is 1.22 bits per heavy atom. The lowest BCUT2D eigenvalue weighted by atomic mass is 10.2. The van der Waals surface area contributed by atoms with E-state index in [1.54, 1.807) is 36.4 Å². The molecule has 0 atom stereocenters. The van der Waals surface area contributed by atoms with Gasteiger partial charge in [-0.3, -0.25) is 9.59 Å². The zero-order chi connectivity index (χ0) is 22.9. The number of nitrogens with zero attached hydrogens (tertiary/aromatic N) is 2. The zero-order valence-electron chi connectivity index (χ0n) is 17.6. The Labute approximate surface area is 184 Å². The quantitative estimate of drug-likeness (QED) is 0.472. The van der Waals surface area contributed by atoms with E-state index in [1.807, 2.05) is 0 Å². The van der Waals surface area contributed by atoms with Crippen molar-refractivity contribution in [2.45, 2.75) is 19.4 Å². The topological polar surface area (TPSA) is 106 Å². The number of aromatic amines is 1. The van der Waals surface area contributed by atoms with E-state index >= 15 is 0 Å². The lowest BCUT2D eigenvalue weighted by molar-refractivity contribution is -0.120. The minimum Gasteiger partial charge on any atom is -0.493 e. The standard InChI is InChI=1S/C23H23FN4O4/c1-3-11-25-21(29)10-8-18-23(30)26-22(28-27-18)16-7-9-19(20(13-16)31-2)32-14-15-5-4-6-17(24)12-15/h3-7,9,12-13H,1,8,10-11,14H2,2H3,(H,25,29)(H,26,28,30). The average Bonchev–Trinajstić information content (AvgIpc) is 2.80. The fourth-order valence-corrected chi connectivity index (χ4v) is 2.88. The largest absolute Gasteiger partial charge is 0.493 e. The molecule has 0 saturated heterocycles. The summed E-state index contributed by atoms with van der Waals surface area (Å²) in [5, 5.41) is 10.7. The van der Waals surface area contributed by atoms with Gasteiger partial charge in [0.1, 0.15) is 18.1 Å². The van der Waals surface area contributed by atoms with Crippen LogP contribution in [0.1, 0.15) is 17.7 Å². The molecule has 2 N–H and O–H groups in total. The second-order valence-corrected chi connectivity index (χ2v) is 6.83. The van der Waals surface area contributed by atoms with Crippen molar-refractivity contribution in [1.82, 2.24) is 20.5 Å². The number of methoxy groups -OCH3 is 1. The molecular weight excluding hydrogens is 415 g/mol. The highest BCUT2D eigenvalue weighted by molar-refractivity contribution is 5.76. The highest BCUT2D eigenvalue weighted by atomic mass is 19.1. The van der Waals surface area contributed by atoms with E-state index < -0.39 is 5.56 Å². The Hall–Kier alpha value is -4.01. The third-order valence-corrected chi connectivity index (χ3v) is 4.52. The molecule has 9 heteroatoms. The molecule has 8 nitrogen and oxygen atoms in total. The van der Waals surface area contributed by atoms with Crippen LogP contribution in [0.25, 0.3) is 11.4 Å². The van der Waals surface area contributed by atoms with Gasteiger partial charge in [0, 0.05) is 24.9 Å². The van der Waals surface area contributed by atoms with Gasteiger partial charge in [0.25, 0.3) is 5.56 Å². The molecule has 1 aromatic heterocycles. The molecule has 0 unspecified atom stereocenters. The molecular formula is C23H23FN4O4. The van der Waals surface area contributed by atoms with Gasteiger partial charge < -0.3 is 19.8 Å². The molecule has 0 aliphatic carbocycles. The van der Waals surface area contributed by atoms with Gasteiger partial charge in [-0.2, -0.15) is 0 Å². The van der Waals surface area contributed by atoms with Crippen LogP contribution in [0.15, 0.2) is 59.9 Å². The maximum Gasteiger partial charge on any atom is 0.273 e. The van der Waals surface area contributed by atoms with Gasteiger partial charge in [-0.25, -0.2) is 4.39 Å². The van der Waals surface area contributed by atoms with Crippen molar-refractivity contribution >= 4 is 5.91 Å². The molecule has 0 spiro atoms. The molecule has 0 saturated carbocycles. The van der Waals surface area contributed by atoms with Crippen LogP contribution in [0, 0.1) is 5.82 Å². The Morgan fingerprint density at radius 2 is 2.06 bits per heavy atom. The number of hydrogen-bond donors (Lipinski definition) is 2. The number of H-pyrrole nitrogens is 1. The lowest BCUT2D eigenvalue weighted by Crippen LogP contribution is -2.25. The Kier molecular flexibility index (Phi) is 7.69. The van der Waals surface area contributed by atoms with E-state index in [9.17, 15) is 14.0 Å². The molecule has 2 aromatic carbocycles. The summed E-state index contributed by atoms with van der Waals surface area (Å²) in [4.78, 5) is 26.7. The maximum absolute atomic E-state index is 13.3. The number of carbonyl (C=O) groups is 1. The highest BCUT2D eigenvalue weighted by Gasteiger charge is 2.12. The minimum atomic E-state index is -0.420. The van der Waals surface area contributed by atoms with Crippen molar-refractivity contribution in [3.8, 4) is 22.9 Å². The van der Waals surface area contributed by atoms with Crippen LogP contribution in [0.4, 0.5) is 4.39 Å². The van der Waals surface area contributed by atoms with Gasteiger partial charge in [0.15, 0.2) is 17.3 Å². The Morgan fingerprint density at radius 3 is 2.78 bits per heavy atom. The van der Waals surface area contributed by atoms with Crippen LogP contribution in [-0.4, -0.2) is 34.7 Å². The fraction of sp³-hybridized carbons (Fsp3) is 0.217. The summed E-state index contributed by atoms with van der Waals surface area (Å²) in [6.45, 7) is 4.06. The molecule has 166 valence electrons. The van der Waals surface area contributed by atoms with E-state index in [4.69, 9.17) is 9.47 Å². The monoisotopic (exact) mass is 438 g/mol. The van der Waals surface area contributed by atoms with Gasteiger partial charge in [-0.05, 0) is 35.9 Å². The van der Waals surface area contributed by atoms with Crippen LogP contribution < -0.4 is 20.3 Å². The molecule has 0 radical (unpaired) electrons. The number of nitrogens with one attached hydrogen (secondary N) is 2. The molecule has 0 aliphatic rings. The third kappa shape index (κ3) is 6.00. The number of rotatable bonds is 10. The summed E-state index contributed by atoms with van der Waals surface area (Å²) in [5.41, 5.74) is 1.00. The summed E-state index contributed by atoms with van der Waals surface area (Å²) in [6, 6.07) is 11.2. The van der Waals surface area contributed by atoms with Crippen LogP contribution in [0.3, 0.4) is 0 Å². The second kappa shape index (κ2) is 10.9. The van der Waals surface area contributed by atoms with Crippen molar-refractivity contribution < 1.29 is 18.7 Å². The van der Waals surface area contributed by atoms with Crippen LogP contribution in [-0.2, 0) is 17.8 Å². The van der Waals surface area contributed by atoms with E-state index in [2.05, 4.69) is 27.1 Å². The van der Waals surface area contributed by atoms with E-state index in [0.29, 0.717) is 29.2 Å². The fourth-order valence-electron chi connectivity index (χ4n) is 2.88. The molecule has 3 aromatic rings. The van der Waals surface area contributed by atoms with Gasteiger partial charge in [-0.15, -0.1) is 16.8 Å². The number of aryl methyl sites for hydroxylation is 1. The lowest BCUT2D eigenvalue weighted by Gasteiger charge is -2.12. The van der Waals surface area contributed by atoms with Crippen molar-refractivity contribution in [2.24, 2.45) is 0 Å². The van der Waals surface area contributed by atoms with Crippen LogP contribution in [0.2, 0.25) is 0 Å².